The topological polar surface area (TPSA) is 80.5 Å². The van der Waals surface area contributed by atoms with E-state index in [1.54, 1.807) is 25.0 Å². The van der Waals surface area contributed by atoms with Crippen LogP contribution in [-0.4, -0.2) is 52.6 Å². The Labute approximate surface area is 122 Å². The highest BCUT2D eigenvalue weighted by Gasteiger charge is 2.28. The van der Waals surface area contributed by atoms with Crippen molar-refractivity contribution in [2.45, 2.75) is 6.42 Å². The first-order chi connectivity index (χ1) is 10.1. The Hall–Kier alpha value is -2.15. The van der Waals surface area contributed by atoms with Gasteiger partial charge >= 0.3 is 5.97 Å². The number of anilines is 1. The molecule has 1 atom stereocenters. The fraction of sp³-hybridized carbons (Fsp3) is 0.500. The molecule has 1 N–H and O–H groups in total. The Balaban J connectivity index is 2.07. The van der Waals surface area contributed by atoms with Crippen molar-refractivity contribution < 1.29 is 14.6 Å². The normalized spacial score (nSPS) is 18.6. The van der Waals surface area contributed by atoms with Gasteiger partial charge in [-0.1, -0.05) is 0 Å². The van der Waals surface area contributed by atoms with Gasteiger partial charge in [-0.05, 0) is 6.42 Å². The van der Waals surface area contributed by atoms with Gasteiger partial charge < -0.3 is 14.7 Å². The molecule has 2 aromatic heterocycles. The standard InChI is InChI=1S/C14H18N4O3/c1-17-13-10(6-16-17)12(11(5-15-13)14(19)20)18-4-3-9(7-18)8-21-2/h5-6,9H,3-4,7-8H2,1-2H3,(H,19,20). The highest BCUT2D eigenvalue weighted by Crippen LogP contribution is 2.33. The number of hydrogen-bond donors (Lipinski definition) is 1. The van der Waals surface area contributed by atoms with Crippen molar-refractivity contribution in [2.75, 3.05) is 31.7 Å². The van der Waals surface area contributed by atoms with Crippen molar-refractivity contribution >= 4 is 22.7 Å². The van der Waals surface area contributed by atoms with Gasteiger partial charge in [0.05, 0.1) is 23.9 Å². The Bertz CT molecular complexity index is 682. The fourth-order valence-electron chi connectivity index (χ4n) is 2.99. The molecule has 0 radical (unpaired) electrons. The van der Waals surface area contributed by atoms with Crippen molar-refractivity contribution in [2.24, 2.45) is 13.0 Å². The molecule has 7 heteroatoms. The Morgan fingerprint density at radius 1 is 1.52 bits per heavy atom. The molecule has 0 spiro atoms. The van der Waals surface area contributed by atoms with Gasteiger partial charge in [-0.3, -0.25) is 4.68 Å². The molecule has 1 aliphatic rings. The van der Waals surface area contributed by atoms with Crippen LogP contribution in [-0.2, 0) is 11.8 Å². The van der Waals surface area contributed by atoms with E-state index in [0.29, 0.717) is 18.2 Å². The minimum absolute atomic E-state index is 0.230. The molecule has 2 aromatic rings. The van der Waals surface area contributed by atoms with E-state index in [1.807, 2.05) is 0 Å². The fourth-order valence-corrected chi connectivity index (χ4v) is 2.99. The van der Waals surface area contributed by atoms with Gasteiger partial charge in [0.2, 0.25) is 0 Å². The number of aromatic carboxylic acids is 1. The van der Waals surface area contributed by atoms with Crippen molar-refractivity contribution in [1.82, 2.24) is 14.8 Å². The summed E-state index contributed by atoms with van der Waals surface area (Å²) < 4.78 is 6.87. The molecule has 3 heterocycles. The summed E-state index contributed by atoms with van der Waals surface area (Å²) in [5.41, 5.74) is 1.65. The molecule has 0 saturated carbocycles. The number of nitrogens with zero attached hydrogens (tertiary/aromatic N) is 4. The third kappa shape index (κ3) is 2.33. The second-order valence-electron chi connectivity index (χ2n) is 5.39. The third-order valence-electron chi connectivity index (χ3n) is 3.97. The number of aryl methyl sites for hydroxylation is 1. The lowest BCUT2D eigenvalue weighted by atomic mass is 10.1. The maximum atomic E-state index is 11.5. The Morgan fingerprint density at radius 2 is 2.33 bits per heavy atom. The van der Waals surface area contributed by atoms with Crippen LogP contribution in [0.4, 0.5) is 5.69 Å². The lowest BCUT2D eigenvalue weighted by Crippen LogP contribution is -2.23. The number of methoxy groups -OCH3 is 1. The summed E-state index contributed by atoms with van der Waals surface area (Å²) in [7, 11) is 3.49. The molecule has 7 nitrogen and oxygen atoms in total. The number of rotatable bonds is 4. The average molecular weight is 290 g/mol. The first kappa shape index (κ1) is 13.8. The Morgan fingerprint density at radius 3 is 3.05 bits per heavy atom. The molecular formula is C14H18N4O3. The number of fused-ring (bicyclic) bond motifs is 1. The zero-order valence-electron chi connectivity index (χ0n) is 12.1. The third-order valence-corrected chi connectivity index (χ3v) is 3.97. The quantitative estimate of drug-likeness (QED) is 0.909. The zero-order valence-corrected chi connectivity index (χ0v) is 12.1. The van der Waals surface area contributed by atoms with Crippen LogP contribution in [0.5, 0.6) is 0 Å². The van der Waals surface area contributed by atoms with Gasteiger partial charge in [-0.2, -0.15) is 5.10 Å². The summed E-state index contributed by atoms with van der Waals surface area (Å²) in [5.74, 6) is -0.532. The summed E-state index contributed by atoms with van der Waals surface area (Å²) in [4.78, 5) is 17.8. The van der Waals surface area contributed by atoms with Gasteiger partial charge in [-0.15, -0.1) is 0 Å². The Kier molecular flexibility index (Phi) is 3.50. The van der Waals surface area contributed by atoms with Gasteiger partial charge in [0.1, 0.15) is 5.56 Å². The number of carbonyl (C=O) groups is 1. The number of pyridine rings is 1. The van der Waals surface area contributed by atoms with Crippen LogP contribution in [0.3, 0.4) is 0 Å². The molecule has 112 valence electrons. The number of carboxylic acids is 1. The molecule has 0 aromatic carbocycles. The van der Waals surface area contributed by atoms with Crippen molar-refractivity contribution in [3.63, 3.8) is 0 Å². The maximum Gasteiger partial charge on any atom is 0.339 e. The minimum atomic E-state index is -0.960. The maximum absolute atomic E-state index is 11.5. The number of aromatic nitrogens is 3. The average Bonchev–Trinajstić information content (AvgIpc) is 3.06. The lowest BCUT2D eigenvalue weighted by molar-refractivity contribution is 0.0697. The predicted octanol–water partition coefficient (Wildman–Crippen LogP) is 1.14. The zero-order chi connectivity index (χ0) is 15.0. The molecule has 1 unspecified atom stereocenters. The largest absolute Gasteiger partial charge is 0.478 e. The van der Waals surface area contributed by atoms with Crippen LogP contribution in [0.15, 0.2) is 12.4 Å². The van der Waals surface area contributed by atoms with Crippen LogP contribution < -0.4 is 4.90 Å². The molecule has 1 aliphatic heterocycles. The highest BCUT2D eigenvalue weighted by molar-refractivity contribution is 6.03. The van der Waals surface area contributed by atoms with Crippen LogP contribution in [0, 0.1) is 5.92 Å². The SMILES string of the molecule is COCC1CCN(c2c(C(=O)O)cnc3c2cnn3C)C1. The highest BCUT2D eigenvalue weighted by atomic mass is 16.5. The molecule has 1 saturated heterocycles. The van der Waals surface area contributed by atoms with Gasteiger partial charge in [0, 0.05) is 39.4 Å². The molecule has 0 aliphatic carbocycles. The summed E-state index contributed by atoms with van der Waals surface area (Å²) >= 11 is 0. The van der Waals surface area contributed by atoms with Gasteiger partial charge in [0.15, 0.2) is 5.65 Å². The monoisotopic (exact) mass is 290 g/mol. The number of carboxylic acid groups (broad SMARTS) is 1. The summed E-state index contributed by atoms with van der Waals surface area (Å²) in [6, 6.07) is 0. The van der Waals surface area contributed by atoms with Crippen molar-refractivity contribution in [1.29, 1.82) is 0 Å². The van der Waals surface area contributed by atoms with Crippen LogP contribution in [0.25, 0.3) is 11.0 Å². The van der Waals surface area contributed by atoms with Crippen LogP contribution in [0.2, 0.25) is 0 Å². The summed E-state index contributed by atoms with van der Waals surface area (Å²) in [5, 5.41) is 14.4. The second-order valence-corrected chi connectivity index (χ2v) is 5.39. The van der Waals surface area contributed by atoms with Crippen molar-refractivity contribution in [3.05, 3.63) is 18.0 Å². The summed E-state index contributed by atoms with van der Waals surface area (Å²) in [6.07, 6.45) is 4.11. The van der Waals surface area contributed by atoms with E-state index in [0.717, 1.165) is 30.6 Å². The summed E-state index contributed by atoms with van der Waals surface area (Å²) in [6.45, 7) is 2.31. The number of hydrogen-bond acceptors (Lipinski definition) is 5. The molecule has 21 heavy (non-hydrogen) atoms. The first-order valence-corrected chi connectivity index (χ1v) is 6.89. The van der Waals surface area contributed by atoms with E-state index >= 15 is 0 Å². The molecule has 1 fully saturated rings. The van der Waals surface area contributed by atoms with E-state index in [2.05, 4.69) is 15.0 Å². The van der Waals surface area contributed by atoms with Crippen LogP contribution in [0.1, 0.15) is 16.8 Å². The first-order valence-electron chi connectivity index (χ1n) is 6.89. The van der Waals surface area contributed by atoms with Crippen molar-refractivity contribution in [3.8, 4) is 0 Å². The molecule has 3 rings (SSSR count). The van der Waals surface area contributed by atoms with Gasteiger partial charge in [-0.25, -0.2) is 9.78 Å². The molecule has 0 amide bonds. The molecular weight excluding hydrogens is 272 g/mol. The van der Waals surface area contributed by atoms with Gasteiger partial charge in [0.25, 0.3) is 0 Å². The number of ether oxygens (including phenoxy) is 1. The minimum Gasteiger partial charge on any atom is -0.478 e. The predicted molar refractivity (Wildman–Crippen MR) is 77.7 cm³/mol. The van der Waals surface area contributed by atoms with Crippen LogP contribution >= 0.6 is 0 Å². The molecule has 0 bridgehead atoms. The smallest absolute Gasteiger partial charge is 0.339 e. The van der Waals surface area contributed by atoms with E-state index in [9.17, 15) is 9.90 Å². The van der Waals surface area contributed by atoms with E-state index in [4.69, 9.17) is 4.74 Å². The second kappa shape index (κ2) is 5.33. The van der Waals surface area contributed by atoms with E-state index in [-0.39, 0.29) is 5.56 Å². The van der Waals surface area contributed by atoms with E-state index < -0.39 is 5.97 Å². The lowest BCUT2D eigenvalue weighted by Gasteiger charge is -2.21. The van der Waals surface area contributed by atoms with E-state index in [1.165, 1.54) is 6.20 Å².